The molecule has 0 spiro atoms. The molecule has 3 atom stereocenters. The molecule has 0 aromatic heterocycles. The number of benzene rings is 2. The van der Waals surface area contributed by atoms with Crippen LogP contribution in [-0.2, 0) is 20.7 Å². The Morgan fingerprint density at radius 3 is 2.59 bits per heavy atom. The third-order valence-electron chi connectivity index (χ3n) is 4.94. The Kier molecular flexibility index (Phi) is 6.67. The minimum absolute atomic E-state index is 0.0617. The summed E-state index contributed by atoms with van der Waals surface area (Å²) in [6, 6.07) is 9.79. The van der Waals surface area contributed by atoms with Crippen molar-refractivity contribution in [2.24, 2.45) is 5.73 Å². The second-order valence-electron chi connectivity index (χ2n) is 7.13. The van der Waals surface area contributed by atoms with Crippen LogP contribution in [0, 0.1) is 0 Å². The molecule has 1 heterocycles. The number of carbonyl (C=O) groups is 2. The quantitative estimate of drug-likeness (QED) is 0.621. The van der Waals surface area contributed by atoms with Crippen LogP contribution in [0.15, 0.2) is 36.4 Å². The van der Waals surface area contributed by atoms with Crippen molar-refractivity contribution in [1.29, 1.82) is 0 Å². The zero-order valence-corrected chi connectivity index (χ0v) is 17.7. The van der Waals surface area contributed by atoms with E-state index in [9.17, 15) is 9.59 Å². The molecule has 29 heavy (non-hydrogen) atoms. The van der Waals surface area contributed by atoms with Gasteiger partial charge >= 0.3 is 5.97 Å². The molecule has 0 saturated carbocycles. The van der Waals surface area contributed by atoms with Crippen molar-refractivity contribution in [3.63, 3.8) is 0 Å². The Morgan fingerprint density at radius 2 is 1.97 bits per heavy atom. The predicted octanol–water partition coefficient (Wildman–Crippen LogP) is 3.77. The number of anilines is 1. The molecule has 154 valence electrons. The average molecular weight is 436 g/mol. The van der Waals surface area contributed by atoms with E-state index in [0.717, 1.165) is 11.1 Å². The van der Waals surface area contributed by atoms with Gasteiger partial charge in [0.2, 0.25) is 5.91 Å². The molecule has 1 unspecified atom stereocenters. The summed E-state index contributed by atoms with van der Waals surface area (Å²) in [5.41, 5.74) is 9.05. The maximum absolute atomic E-state index is 12.7. The fourth-order valence-electron chi connectivity index (χ4n) is 3.46. The summed E-state index contributed by atoms with van der Waals surface area (Å²) in [5.74, 6) is -0.594. The Bertz CT molecular complexity index is 916. The number of rotatable bonds is 5. The number of amides is 1. The Balaban J connectivity index is 1.79. The van der Waals surface area contributed by atoms with Gasteiger partial charge in [-0.1, -0.05) is 47.5 Å². The van der Waals surface area contributed by atoms with Gasteiger partial charge in [0.05, 0.1) is 19.6 Å². The SMILES string of the molecule is COC(=O)[C@H]1C[C@H](NC(=O)Cc2ccc(C(C)N)cc2)c2c(Cl)cc(Cl)cc2N1. The normalized spacial score (nSPS) is 18.9. The molecule has 4 N–H and O–H groups in total. The monoisotopic (exact) mass is 435 g/mol. The summed E-state index contributed by atoms with van der Waals surface area (Å²) in [6.45, 7) is 1.91. The number of carbonyl (C=O) groups excluding carboxylic acids is 2. The van der Waals surface area contributed by atoms with E-state index in [2.05, 4.69) is 10.6 Å². The van der Waals surface area contributed by atoms with Crippen LogP contribution in [-0.4, -0.2) is 25.0 Å². The van der Waals surface area contributed by atoms with E-state index in [4.69, 9.17) is 33.7 Å². The molecule has 1 aliphatic heterocycles. The number of methoxy groups -OCH3 is 1. The van der Waals surface area contributed by atoms with Crippen molar-refractivity contribution in [2.45, 2.75) is 37.9 Å². The van der Waals surface area contributed by atoms with Crippen LogP contribution in [0.4, 0.5) is 5.69 Å². The highest BCUT2D eigenvalue weighted by Crippen LogP contribution is 2.40. The second kappa shape index (κ2) is 9.03. The number of nitrogens with one attached hydrogen (secondary N) is 2. The fourth-order valence-corrected chi connectivity index (χ4v) is 4.08. The number of hydrogen-bond donors (Lipinski definition) is 3. The van der Waals surface area contributed by atoms with Crippen LogP contribution in [0.5, 0.6) is 0 Å². The molecule has 3 rings (SSSR count). The van der Waals surface area contributed by atoms with Gasteiger partial charge in [-0.15, -0.1) is 0 Å². The molecule has 6 nitrogen and oxygen atoms in total. The number of fused-ring (bicyclic) bond motifs is 1. The summed E-state index contributed by atoms with van der Waals surface area (Å²) < 4.78 is 4.85. The largest absolute Gasteiger partial charge is 0.467 e. The highest BCUT2D eigenvalue weighted by Gasteiger charge is 2.34. The van der Waals surface area contributed by atoms with E-state index in [-0.39, 0.29) is 18.4 Å². The standard InChI is InChI=1S/C21H23Cl2N3O3/c1-11(24)13-5-3-12(4-6-13)7-19(27)26-17-10-18(21(28)29-2)25-16-9-14(22)8-15(23)20(16)17/h3-6,8-9,11,17-18,25H,7,10,24H2,1-2H3,(H,26,27)/t11?,17-,18+/m0/s1. The van der Waals surface area contributed by atoms with Gasteiger partial charge in [0.25, 0.3) is 0 Å². The summed E-state index contributed by atoms with van der Waals surface area (Å²) >= 11 is 12.5. The maximum Gasteiger partial charge on any atom is 0.328 e. The molecule has 1 aliphatic rings. The van der Waals surface area contributed by atoms with Crippen LogP contribution in [0.25, 0.3) is 0 Å². The molecule has 0 saturated heterocycles. The predicted molar refractivity (Wildman–Crippen MR) is 114 cm³/mol. The molecule has 2 aromatic carbocycles. The fraction of sp³-hybridized carbons (Fsp3) is 0.333. The van der Waals surface area contributed by atoms with Gasteiger partial charge in [0.15, 0.2) is 0 Å². The number of ether oxygens (including phenoxy) is 1. The van der Waals surface area contributed by atoms with Crippen molar-refractivity contribution in [2.75, 3.05) is 12.4 Å². The van der Waals surface area contributed by atoms with Gasteiger partial charge in [0, 0.05) is 33.8 Å². The van der Waals surface area contributed by atoms with Crippen LogP contribution in [0.3, 0.4) is 0 Å². The second-order valence-corrected chi connectivity index (χ2v) is 7.98. The molecule has 8 heteroatoms. The lowest BCUT2D eigenvalue weighted by Crippen LogP contribution is -2.42. The van der Waals surface area contributed by atoms with Gasteiger partial charge in [0.1, 0.15) is 6.04 Å². The Morgan fingerprint density at radius 1 is 1.28 bits per heavy atom. The smallest absolute Gasteiger partial charge is 0.328 e. The summed E-state index contributed by atoms with van der Waals surface area (Å²) in [6.07, 6.45) is 0.517. The van der Waals surface area contributed by atoms with Crippen molar-refractivity contribution < 1.29 is 14.3 Å². The molecular formula is C21H23Cl2N3O3. The molecule has 1 amide bonds. The highest BCUT2D eigenvalue weighted by atomic mass is 35.5. The average Bonchev–Trinajstić information content (AvgIpc) is 2.66. The van der Waals surface area contributed by atoms with Crippen LogP contribution >= 0.6 is 23.2 Å². The Labute approximate surface area is 179 Å². The first-order chi connectivity index (χ1) is 13.8. The van der Waals surface area contributed by atoms with Gasteiger partial charge in [-0.05, 0) is 30.2 Å². The summed E-state index contributed by atoms with van der Waals surface area (Å²) in [4.78, 5) is 24.8. The maximum atomic E-state index is 12.7. The van der Waals surface area contributed by atoms with Crippen LogP contribution in [0.2, 0.25) is 10.0 Å². The molecule has 0 fully saturated rings. The zero-order valence-electron chi connectivity index (χ0n) is 16.2. The van der Waals surface area contributed by atoms with Crippen molar-refractivity contribution in [3.05, 3.63) is 63.1 Å². The molecule has 2 aromatic rings. The van der Waals surface area contributed by atoms with Gasteiger partial charge in [-0.3, -0.25) is 4.79 Å². The van der Waals surface area contributed by atoms with Crippen molar-refractivity contribution in [1.82, 2.24) is 5.32 Å². The van der Waals surface area contributed by atoms with E-state index in [1.165, 1.54) is 7.11 Å². The van der Waals surface area contributed by atoms with E-state index < -0.39 is 18.1 Å². The molecule has 0 aliphatic carbocycles. The molecule has 0 radical (unpaired) electrons. The van der Waals surface area contributed by atoms with E-state index >= 15 is 0 Å². The lowest BCUT2D eigenvalue weighted by atomic mass is 9.92. The van der Waals surface area contributed by atoms with E-state index in [0.29, 0.717) is 27.7 Å². The first kappa shape index (κ1) is 21.4. The van der Waals surface area contributed by atoms with E-state index in [1.807, 2.05) is 31.2 Å². The number of halogens is 2. The summed E-state index contributed by atoms with van der Waals surface area (Å²) in [5, 5.41) is 6.95. The van der Waals surface area contributed by atoms with E-state index in [1.54, 1.807) is 12.1 Å². The minimum Gasteiger partial charge on any atom is -0.467 e. The van der Waals surface area contributed by atoms with Crippen LogP contribution < -0.4 is 16.4 Å². The number of nitrogens with two attached hydrogens (primary N) is 1. The molecule has 0 bridgehead atoms. The molecular weight excluding hydrogens is 413 g/mol. The lowest BCUT2D eigenvalue weighted by Gasteiger charge is -2.33. The number of hydrogen-bond acceptors (Lipinski definition) is 5. The third-order valence-corrected chi connectivity index (χ3v) is 5.47. The Hall–Kier alpha value is -2.28. The number of esters is 1. The van der Waals surface area contributed by atoms with Crippen molar-refractivity contribution in [3.8, 4) is 0 Å². The van der Waals surface area contributed by atoms with Crippen LogP contribution in [0.1, 0.15) is 42.1 Å². The highest BCUT2D eigenvalue weighted by molar-refractivity contribution is 6.35. The summed E-state index contributed by atoms with van der Waals surface area (Å²) in [7, 11) is 1.32. The third kappa shape index (κ3) is 5.01. The minimum atomic E-state index is -0.613. The lowest BCUT2D eigenvalue weighted by molar-refractivity contribution is -0.142. The van der Waals surface area contributed by atoms with Crippen molar-refractivity contribution >= 4 is 40.8 Å². The zero-order chi connectivity index (χ0) is 21.1. The van der Waals surface area contributed by atoms with Gasteiger partial charge < -0.3 is 21.1 Å². The van der Waals surface area contributed by atoms with Gasteiger partial charge in [-0.25, -0.2) is 4.79 Å². The first-order valence-electron chi connectivity index (χ1n) is 9.25. The topological polar surface area (TPSA) is 93.5 Å². The first-order valence-corrected chi connectivity index (χ1v) is 10.0. The van der Waals surface area contributed by atoms with Gasteiger partial charge in [-0.2, -0.15) is 0 Å².